The molecule has 3 heterocycles. The van der Waals surface area contributed by atoms with Gasteiger partial charge in [-0.05, 0) is 42.7 Å². The molecule has 30 heavy (non-hydrogen) atoms. The number of aromatic nitrogens is 2. The Hall–Kier alpha value is -3.75. The van der Waals surface area contributed by atoms with Crippen molar-refractivity contribution < 1.29 is 19.1 Å². The highest BCUT2D eigenvalue weighted by Crippen LogP contribution is 2.35. The largest absolute Gasteiger partial charge is 0.504 e. The molecule has 0 saturated carbocycles. The van der Waals surface area contributed by atoms with Crippen LogP contribution in [0.1, 0.15) is 28.9 Å². The van der Waals surface area contributed by atoms with Crippen LogP contribution in [-0.4, -0.2) is 39.5 Å². The van der Waals surface area contributed by atoms with E-state index in [9.17, 15) is 19.1 Å². The number of hydrogen-bond acceptors (Lipinski definition) is 6. The lowest BCUT2D eigenvalue weighted by Gasteiger charge is -2.25. The van der Waals surface area contributed by atoms with E-state index in [1.54, 1.807) is 29.2 Å². The van der Waals surface area contributed by atoms with Gasteiger partial charge in [0.25, 0.3) is 5.91 Å². The molecule has 4 rings (SSSR count). The minimum Gasteiger partial charge on any atom is -0.504 e. The van der Waals surface area contributed by atoms with Crippen molar-refractivity contribution in [1.82, 2.24) is 15.3 Å². The van der Waals surface area contributed by atoms with Gasteiger partial charge in [-0.15, -0.1) is 0 Å². The summed E-state index contributed by atoms with van der Waals surface area (Å²) in [6.45, 7) is 0.676. The highest BCUT2D eigenvalue weighted by atomic mass is 19.1. The van der Waals surface area contributed by atoms with E-state index in [0.717, 1.165) is 6.42 Å². The summed E-state index contributed by atoms with van der Waals surface area (Å²) in [5, 5.41) is 13.8. The molecular weight excluding hydrogens is 389 g/mol. The standard InChI is InChI=1S/C21H20FN5O3/c22-13-7-5-12(6-8-13)11-25-21(30)17-18(28)16-14(3-1-9-24-16)20(26-17)27-10-2-4-15(27)19(23)29/h1,3,5-9,15,28H,2,4,10-11H2,(H2,23,29)(H,25,30). The topological polar surface area (TPSA) is 121 Å². The monoisotopic (exact) mass is 409 g/mol. The zero-order chi connectivity index (χ0) is 21.3. The number of pyridine rings is 2. The summed E-state index contributed by atoms with van der Waals surface area (Å²) in [6, 6.07) is 8.58. The van der Waals surface area contributed by atoms with Crippen LogP contribution in [0.15, 0.2) is 42.6 Å². The van der Waals surface area contributed by atoms with E-state index in [-0.39, 0.29) is 29.3 Å². The maximum atomic E-state index is 13.1. The summed E-state index contributed by atoms with van der Waals surface area (Å²) in [4.78, 5) is 35.0. The zero-order valence-electron chi connectivity index (χ0n) is 16.0. The first-order chi connectivity index (χ1) is 14.5. The zero-order valence-corrected chi connectivity index (χ0v) is 16.0. The summed E-state index contributed by atoms with van der Waals surface area (Å²) in [6.07, 6.45) is 2.84. The van der Waals surface area contributed by atoms with Crippen molar-refractivity contribution in [3.05, 3.63) is 59.7 Å². The summed E-state index contributed by atoms with van der Waals surface area (Å²) in [5.74, 6) is -1.42. The van der Waals surface area contributed by atoms with Crippen LogP contribution < -0.4 is 16.0 Å². The quantitative estimate of drug-likeness (QED) is 0.591. The number of aromatic hydroxyl groups is 1. The van der Waals surface area contributed by atoms with Gasteiger partial charge in [0.2, 0.25) is 5.91 Å². The van der Waals surface area contributed by atoms with E-state index in [1.165, 1.54) is 18.3 Å². The average Bonchev–Trinajstić information content (AvgIpc) is 3.24. The molecule has 8 nitrogen and oxygen atoms in total. The molecule has 1 aromatic carbocycles. The van der Waals surface area contributed by atoms with E-state index in [0.29, 0.717) is 29.7 Å². The van der Waals surface area contributed by atoms with Gasteiger partial charge in [-0.25, -0.2) is 9.37 Å². The molecule has 1 fully saturated rings. The van der Waals surface area contributed by atoms with Gasteiger partial charge in [-0.3, -0.25) is 14.6 Å². The number of carbonyl (C=O) groups excluding carboxylic acids is 2. The van der Waals surface area contributed by atoms with Crippen LogP contribution in [0.3, 0.4) is 0 Å². The Balaban J connectivity index is 1.71. The van der Waals surface area contributed by atoms with Crippen LogP contribution in [0, 0.1) is 5.82 Å². The van der Waals surface area contributed by atoms with E-state index in [2.05, 4.69) is 15.3 Å². The predicted molar refractivity (Wildman–Crippen MR) is 108 cm³/mol. The number of nitrogens with zero attached hydrogens (tertiary/aromatic N) is 3. The van der Waals surface area contributed by atoms with E-state index < -0.39 is 17.9 Å². The number of rotatable bonds is 5. The van der Waals surface area contributed by atoms with Crippen molar-refractivity contribution in [3.8, 4) is 5.75 Å². The normalized spacial score (nSPS) is 16.0. The number of nitrogens with two attached hydrogens (primary N) is 1. The van der Waals surface area contributed by atoms with Crippen molar-refractivity contribution in [2.24, 2.45) is 5.73 Å². The highest BCUT2D eigenvalue weighted by molar-refractivity contribution is 6.04. The minimum atomic E-state index is -0.611. The van der Waals surface area contributed by atoms with Gasteiger partial charge in [0.15, 0.2) is 11.4 Å². The van der Waals surface area contributed by atoms with E-state index in [4.69, 9.17) is 5.73 Å². The second-order valence-electron chi connectivity index (χ2n) is 7.10. The third-order valence-electron chi connectivity index (χ3n) is 5.15. The maximum Gasteiger partial charge on any atom is 0.274 e. The molecular formula is C21H20FN5O3. The molecule has 154 valence electrons. The molecule has 0 bridgehead atoms. The number of carbonyl (C=O) groups is 2. The Morgan fingerprint density at radius 2 is 2.03 bits per heavy atom. The van der Waals surface area contributed by atoms with Crippen molar-refractivity contribution in [1.29, 1.82) is 0 Å². The maximum absolute atomic E-state index is 13.1. The third kappa shape index (κ3) is 3.61. The number of fused-ring (bicyclic) bond motifs is 1. The van der Waals surface area contributed by atoms with Crippen molar-refractivity contribution >= 4 is 28.5 Å². The SMILES string of the molecule is NC(=O)C1CCCN1c1nc(C(=O)NCc2ccc(F)cc2)c(O)c2ncccc12. The van der Waals surface area contributed by atoms with Crippen molar-refractivity contribution in [3.63, 3.8) is 0 Å². The van der Waals surface area contributed by atoms with Gasteiger partial charge in [0, 0.05) is 24.7 Å². The molecule has 2 amide bonds. The number of hydrogen-bond donors (Lipinski definition) is 3. The van der Waals surface area contributed by atoms with E-state index >= 15 is 0 Å². The Labute approximate surface area is 171 Å². The first kappa shape index (κ1) is 19.6. The summed E-state index contributed by atoms with van der Waals surface area (Å²) in [5.41, 5.74) is 6.24. The second kappa shape index (κ2) is 7.94. The molecule has 1 aliphatic rings. The lowest BCUT2D eigenvalue weighted by atomic mass is 10.1. The number of benzene rings is 1. The molecule has 0 spiro atoms. The molecule has 1 atom stereocenters. The number of anilines is 1. The first-order valence-corrected chi connectivity index (χ1v) is 9.52. The minimum absolute atomic E-state index is 0.128. The number of nitrogens with one attached hydrogen (secondary N) is 1. The molecule has 2 aromatic heterocycles. The van der Waals surface area contributed by atoms with Gasteiger partial charge in [-0.2, -0.15) is 0 Å². The second-order valence-corrected chi connectivity index (χ2v) is 7.10. The average molecular weight is 409 g/mol. The van der Waals surface area contributed by atoms with Crippen LogP contribution in [0.5, 0.6) is 5.75 Å². The fraction of sp³-hybridized carbons (Fsp3) is 0.238. The Bertz CT molecular complexity index is 1120. The lowest BCUT2D eigenvalue weighted by molar-refractivity contribution is -0.119. The molecule has 9 heteroatoms. The van der Waals surface area contributed by atoms with Crippen molar-refractivity contribution in [2.75, 3.05) is 11.4 Å². The van der Waals surface area contributed by atoms with Crippen molar-refractivity contribution in [2.45, 2.75) is 25.4 Å². The van der Waals surface area contributed by atoms with Crippen LogP contribution in [0.2, 0.25) is 0 Å². The molecule has 0 aliphatic carbocycles. The van der Waals surface area contributed by atoms with Gasteiger partial charge in [0.1, 0.15) is 23.2 Å². The number of halogens is 1. The van der Waals surface area contributed by atoms with Crippen LogP contribution in [0.25, 0.3) is 10.9 Å². The summed E-state index contributed by atoms with van der Waals surface area (Å²) < 4.78 is 13.1. The highest BCUT2D eigenvalue weighted by Gasteiger charge is 2.33. The van der Waals surface area contributed by atoms with Gasteiger partial charge in [0.05, 0.1) is 0 Å². The molecule has 1 saturated heterocycles. The summed E-state index contributed by atoms with van der Waals surface area (Å²) >= 11 is 0. The van der Waals surface area contributed by atoms with Gasteiger partial charge < -0.3 is 21.1 Å². The molecule has 3 aromatic rings. The Kier molecular flexibility index (Phi) is 5.18. The lowest BCUT2D eigenvalue weighted by Crippen LogP contribution is -2.41. The predicted octanol–water partition coefficient (Wildman–Crippen LogP) is 1.86. The third-order valence-corrected chi connectivity index (χ3v) is 5.15. The first-order valence-electron chi connectivity index (χ1n) is 9.52. The van der Waals surface area contributed by atoms with Crippen LogP contribution in [0.4, 0.5) is 10.2 Å². The molecule has 1 unspecified atom stereocenters. The fourth-order valence-corrected chi connectivity index (χ4v) is 3.67. The number of primary amides is 1. The summed E-state index contributed by atoms with van der Waals surface area (Å²) in [7, 11) is 0. The molecule has 1 aliphatic heterocycles. The van der Waals surface area contributed by atoms with Gasteiger partial charge >= 0.3 is 0 Å². The van der Waals surface area contributed by atoms with Gasteiger partial charge in [-0.1, -0.05) is 12.1 Å². The fourth-order valence-electron chi connectivity index (χ4n) is 3.67. The molecule has 0 radical (unpaired) electrons. The van der Waals surface area contributed by atoms with Crippen LogP contribution >= 0.6 is 0 Å². The van der Waals surface area contributed by atoms with E-state index in [1.807, 2.05) is 0 Å². The Morgan fingerprint density at radius 3 is 2.77 bits per heavy atom. The van der Waals surface area contributed by atoms with Crippen LogP contribution in [-0.2, 0) is 11.3 Å². The molecule has 4 N–H and O–H groups in total. The smallest absolute Gasteiger partial charge is 0.274 e. The number of amides is 2. The Morgan fingerprint density at radius 1 is 1.27 bits per heavy atom.